The second-order valence-electron chi connectivity index (χ2n) is 11.9. The topological polar surface area (TPSA) is 46.5 Å². The van der Waals surface area contributed by atoms with Crippen molar-refractivity contribution in [1.29, 1.82) is 0 Å². The standard InChI is InChI=1S/C32H47F3O3/c1-23(2)31(37)38-21-18-26(17-20-36)22-25-7-11-28(12-8-25)30-15-13-29(14-16-30)27-9-5-24(6-10-27)4-3-19-32(33,34)35/h5-6,9-10,25-26,28-30,36H,1,3-4,7-8,11-22H2,2H3. The summed E-state index contributed by atoms with van der Waals surface area (Å²) in [5, 5.41) is 9.49. The van der Waals surface area contributed by atoms with Crippen molar-refractivity contribution in [3.63, 3.8) is 0 Å². The highest BCUT2D eigenvalue weighted by atomic mass is 19.4. The summed E-state index contributed by atoms with van der Waals surface area (Å²) in [5.41, 5.74) is 2.76. The molecule has 1 aromatic rings. The lowest BCUT2D eigenvalue weighted by molar-refractivity contribution is -0.139. The van der Waals surface area contributed by atoms with Gasteiger partial charge in [-0.25, -0.2) is 4.79 Å². The average Bonchev–Trinajstić information content (AvgIpc) is 2.89. The lowest BCUT2D eigenvalue weighted by atomic mass is 9.67. The summed E-state index contributed by atoms with van der Waals surface area (Å²) in [6.45, 7) is 5.86. The molecule has 214 valence electrons. The fourth-order valence-electron chi connectivity index (χ4n) is 6.74. The third-order valence-corrected chi connectivity index (χ3v) is 9.02. The van der Waals surface area contributed by atoms with Gasteiger partial charge in [-0.1, -0.05) is 43.7 Å². The molecule has 0 heterocycles. The van der Waals surface area contributed by atoms with Gasteiger partial charge in [0.25, 0.3) is 0 Å². The van der Waals surface area contributed by atoms with E-state index in [4.69, 9.17) is 4.74 Å². The van der Waals surface area contributed by atoms with E-state index in [2.05, 4.69) is 18.7 Å². The predicted molar refractivity (Wildman–Crippen MR) is 146 cm³/mol. The van der Waals surface area contributed by atoms with Crippen LogP contribution in [-0.2, 0) is 16.0 Å². The van der Waals surface area contributed by atoms with Crippen LogP contribution in [0.3, 0.4) is 0 Å². The fourth-order valence-corrected chi connectivity index (χ4v) is 6.74. The van der Waals surface area contributed by atoms with Gasteiger partial charge < -0.3 is 9.84 Å². The van der Waals surface area contributed by atoms with Gasteiger partial charge in [-0.2, -0.15) is 13.2 Å². The Morgan fingerprint density at radius 3 is 2.16 bits per heavy atom. The van der Waals surface area contributed by atoms with Gasteiger partial charge in [-0.3, -0.25) is 0 Å². The van der Waals surface area contributed by atoms with E-state index in [9.17, 15) is 23.1 Å². The number of carbonyl (C=O) groups is 1. The first-order valence-electron chi connectivity index (χ1n) is 14.7. The Kier molecular flexibility index (Phi) is 12.2. The minimum absolute atomic E-state index is 0.156. The van der Waals surface area contributed by atoms with Crippen molar-refractivity contribution in [2.75, 3.05) is 13.2 Å². The molecule has 0 saturated heterocycles. The molecule has 0 radical (unpaired) electrons. The molecule has 38 heavy (non-hydrogen) atoms. The van der Waals surface area contributed by atoms with Crippen LogP contribution in [0.1, 0.15) is 107 Å². The van der Waals surface area contributed by atoms with Gasteiger partial charge in [0, 0.05) is 18.6 Å². The van der Waals surface area contributed by atoms with Crippen molar-refractivity contribution in [3.05, 3.63) is 47.5 Å². The van der Waals surface area contributed by atoms with Crippen molar-refractivity contribution in [2.45, 2.75) is 109 Å². The first-order valence-corrected chi connectivity index (χ1v) is 14.7. The number of aryl methyl sites for hydroxylation is 1. The van der Waals surface area contributed by atoms with Crippen LogP contribution in [-0.4, -0.2) is 30.5 Å². The molecule has 2 fully saturated rings. The van der Waals surface area contributed by atoms with Crippen molar-refractivity contribution in [3.8, 4) is 0 Å². The third-order valence-electron chi connectivity index (χ3n) is 9.02. The lowest BCUT2D eigenvalue weighted by Gasteiger charge is -2.38. The predicted octanol–water partition coefficient (Wildman–Crippen LogP) is 8.55. The largest absolute Gasteiger partial charge is 0.462 e. The molecule has 2 saturated carbocycles. The Balaban J connectivity index is 1.36. The van der Waals surface area contributed by atoms with E-state index in [1.165, 1.54) is 56.9 Å². The molecule has 2 aliphatic rings. The number of benzene rings is 1. The number of esters is 1. The zero-order valence-electron chi connectivity index (χ0n) is 23.1. The fraction of sp³-hybridized carbons (Fsp3) is 0.719. The molecule has 2 aliphatic carbocycles. The molecule has 1 atom stereocenters. The average molecular weight is 537 g/mol. The molecule has 6 heteroatoms. The van der Waals surface area contributed by atoms with Gasteiger partial charge in [-0.15, -0.1) is 0 Å². The maximum absolute atomic E-state index is 12.4. The van der Waals surface area contributed by atoms with Crippen LogP contribution in [0, 0.1) is 23.7 Å². The summed E-state index contributed by atoms with van der Waals surface area (Å²) in [6.07, 6.45) is 8.61. The Bertz CT molecular complexity index is 848. The molecular weight excluding hydrogens is 489 g/mol. The maximum Gasteiger partial charge on any atom is 0.389 e. The van der Waals surface area contributed by atoms with Crippen molar-refractivity contribution < 1.29 is 27.8 Å². The van der Waals surface area contributed by atoms with Gasteiger partial charge >= 0.3 is 12.1 Å². The SMILES string of the molecule is C=C(C)C(=O)OCCC(CCO)CC1CCC(C2CCC(c3ccc(CCCC(F)(F)F)cc3)CC2)CC1. The molecule has 1 aromatic carbocycles. The van der Waals surface area contributed by atoms with Crippen LogP contribution in [0.15, 0.2) is 36.4 Å². The summed E-state index contributed by atoms with van der Waals surface area (Å²) in [5.74, 6) is 2.96. The summed E-state index contributed by atoms with van der Waals surface area (Å²) in [4.78, 5) is 11.6. The highest BCUT2D eigenvalue weighted by molar-refractivity contribution is 5.86. The zero-order chi connectivity index (χ0) is 27.5. The minimum atomic E-state index is -4.07. The number of hydrogen-bond acceptors (Lipinski definition) is 3. The second-order valence-corrected chi connectivity index (χ2v) is 11.9. The summed E-state index contributed by atoms with van der Waals surface area (Å²) in [6, 6.07) is 8.32. The molecule has 0 amide bonds. The van der Waals surface area contributed by atoms with E-state index >= 15 is 0 Å². The van der Waals surface area contributed by atoms with Gasteiger partial charge in [0.05, 0.1) is 6.61 Å². The highest BCUT2D eigenvalue weighted by Crippen LogP contribution is 2.45. The van der Waals surface area contributed by atoms with Crippen LogP contribution in [0.4, 0.5) is 13.2 Å². The summed E-state index contributed by atoms with van der Waals surface area (Å²) in [7, 11) is 0. The molecule has 3 rings (SSSR count). The Morgan fingerprint density at radius 2 is 1.61 bits per heavy atom. The Hall–Kier alpha value is -1.82. The maximum atomic E-state index is 12.4. The number of ether oxygens (including phenoxy) is 1. The molecule has 0 bridgehead atoms. The monoisotopic (exact) mass is 536 g/mol. The van der Waals surface area contributed by atoms with Crippen molar-refractivity contribution >= 4 is 5.97 Å². The Morgan fingerprint density at radius 1 is 1.00 bits per heavy atom. The van der Waals surface area contributed by atoms with E-state index in [0.717, 1.165) is 36.7 Å². The number of rotatable bonds is 13. The molecule has 3 nitrogen and oxygen atoms in total. The number of aliphatic hydroxyl groups excluding tert-OH is 1. The number of alkyl halides is 3. The van der Waals surface area contributed by atoms with Crippen molar-refractivity contribution in [2.24, 2.45) is 23.7 Å². The minimum Gasteiger partial charge on any atom is -0.462 e. The number of halogens is 3. The normalized spacial score (nSPS) is 25.1. The van der Waals surface area contributed by atoms with Gasteiger partial charge in [0.2, 0.25) is 0 Å². The van der Waals surface area contributed by atoms with Crippen molar-refractivity contribution in [1.82, 2.24) is 0 Å². The van der Waals surface area contributed by atoms with Crippen LogP contribution < -0.4 is 0 Å². The molecular formula is C32H47F3O3. The number of hydrogen-bond donors (Lipinski definition) is 1. The van der Waals surface area contributed by atoms with E-state index in [1.54, 1.807) is 6.92 Å². The van der Waals surface area contributed by atoms with Crippen LogP contribution in [0.2, 0.25) is 0 Å². The molecule has 0 aromatic heterocycles. The first kappa shape index (κ1) is 30.7. The van der Waals surface area contributed by atoms with Gasteiger partial charge in [0.15, 0.2) is 0 Å². The molecule has 0 spiro atoms. The molecule has 1 N–H and O–H groups in total. The summed E-state index contributed by atoms with van der Waals surface area (Å²) >= 11 is 0. The van der Waals surface area contributed by atoms with Crippen LogP contribution >= 0.6 is 0 Å². The second kappa shape index (κ2) is 15.1. The van der Waals surface area contributed by atoms with E-state index in [-0.39, 0.29) is 19.0 Å². The van der Waals surface area contributed by atoms with Gasteiger partial charge in [0.1, 0.15) is 0 Å². The quantitative estimate of drug-likeness (QED) is 0.203. The molecule has 1 unspecified atom stereocenters. The van der Waals surface area contributed by atoms with E-state index in [1.807, 2.05) is 12.1 Å². The smallest absolute Gasteiger partial charge is 0.389 e. The number of aliphatic hydroxyl groups is 1. The molecule has 0 aliphatic heterocycles. The van der Waals surface area contributed by atoms with E-state index in [0.29, 0.717) is 36.4 Å². The van der Waals surface area contributed by atoms with E-state index < -0.39 is 12.6 Å². The highest BCUT2D eigenvalue weighted by Gasteiger charge is 2.32. The Labute approximate surface area is 227 Å². The lowest BCUT2D eigenvalue weighted by Crippen LogP contribution is -2.26. The number of carbonyl (C=O) groups excluding carboxylic acids is 1. The summed E-state index contributed by atoms with van der Waals surface area (Å²) < 4.78 is 42.4. The van der Waals surface area contributed by atoms with Crippen LogP contribution in [0.25, 0.3) is 0 Å². The van der Waals surface area contributed by atoms with Gasteiger partial charge in [-0.05, 0) is 118 Å². The zero-order valence-corrected chi connectivity index (χ0v) is 23.1. The third kappa shape index (κ3) is 10.4. The first-order chi connectivity index (χ1) is 18.1. The van der Waals surface area contributed by atoms with Crippen LogP contribution in [0.5, 0.6) is 0 Å².